The van der Waals surface area contributed by atoms with Crippen molar-refractivity contribution in [2.24, 2.45) is 4.99 Å². The molecule has 0 saturated carbocycles. The van der Waals surface area contributed by atoms with Crippen LogP contribution in [0.3, 0.4) is 0 Å². The van der Waals surface area contributed by atoms with Crippen LogP contribution in [0.15, 0.2) is 22.7 Å². The highest BCUT2D eigenvalue weighted by molar-refractivity contribution is 8.09. The Balaban J connectivity index is 2.68. The maximum atomic E-state index is 12.3. The van der Waals surface area contributed by atoms with E-state index in [0.29, 0.717) is 39.0 Å². The van der Waals surface area contributed by atoms with Gasteiger partial charge in [0.1, 0.15) is 5.75 Å². The first-order chi connectivity index (χ1) is 12.3. The van der Waals surface area contributed by atoms with Gasteiger partial charge in [0.25, 0.3) is 0 Å². The van der Waals surface area contributed by atoms with E-state index in [0.717, 1.165) is 0 Å². The lowest BCUT2D eigenvalue weighted by Crippen LogP contribution is -2.32. The molecule has 1 N–H and O–H groups in total. The molecule has 0 fully saturated rings. The average molecular weight is 378 g/mol. The number of carbonyl (C=O) groups is 2. The molecule has 1 heterocycles. The van der Waals surface area contributed by atoms with Crippen molar-refractivity contribution in [2.75, 3.05) is 21.3 Å². The fourth-order valence-corrected chi connectivity index (χ4v) is 4.01. The Morgan fingerprint density at radius 2 is 1.62 bits per heavy atom. The summed E-state index contributed by atoms with van der Waals surface area (Å²) < 4.78 is 16.2. The van der Waals surface area contributed by atoms with Crippen LogP contribution < -0.4 is 19.5 Å². The maximum absolute atomic E-state index is 12.3. The Labute approximate surface area is 156 Å². The molecule has 0 aromatic heterocycles. The minimum absolute atomic E-state index is 0.119. The summed E-state index contributed by atoms with van der Waals surface area (Å²) in [7, 11) is 4.61. The number of nitrogens with one attached hydrogen (secondary N) is 1. The number of benzene rings is 1. The van der Waals surface area contributed by atoms with Crippen molar-refractivity contribution in [1.82, 2.24) is 5.32 Å². The zero-order chi connectivity index (χ0) is 19.4. The van der Waals surface area contributed by atoms with E-state index in [1.165, 1.54) is 39.8 Å². The summed E-state index contributed by atoms with van der Waals surface area (Å²) in [6.45, 7) is 4.66. The van der Waals surface area contributed by atoms with E-state index >= 15 is 0 Å². The molecule has 0 bridgehead atoms. The third-order valence-corrected chi connectivity index (χ3v) is 4.86. The fourth-order valence-electron chi connectivity index (χ4n) is 2.66. The Morgan fingerprint density at radius 1 is 1.04 bits per heavy atom. The number of nitrogens with zero attached hydrogens (tertiary/aromatic N) is 1. The third kappa shape index (κ3) is 4.01. The molecule has 1 aromatic carbocycles. The van der Waals surface area contributed by atoms with Crippen LogP contribution in [0.5, 0.6) is 17.2 Å². The topological polar surface area (TPSA) is 86.2 Å². The van der Waals surface area contributed by atoms with Gasteiger partial charge in [0.2, 0.25) is 5.91 Å². The van der Waals surface area contributed by atoms with Crippen LogP contribution in [0.1, 0.15) is 26.3 Å². The molecule has 0 aliphatic carbocycles. The molecule has 7 nitrogen and oxygen atoms in total. The zero-order valence-electron chi connectivity index (χ0n) is 15.6. The highest BCUT2D eigenvalue weighted by atomic mass is 32.2. The Morgan fingerprint density at radius 3 is 2.12 bits per heavy atom. The van der Waals surface area contributed by atoms with Crippen molar-refractivity contribution in [1.29, 1.82) is 0 Å². The first-order valence-corrected chi connectivity index (χ1v) is 8.74. The number of methoxy groups -OCH3 is 3. The second-order valence-corrected chi connectivity index (χ2v) is 6.64. The third-order valence-electron chi connectivity index (χ3n) is 3.76. The molecule has 0 spiro atoms. The van der Waals surface area contributed by atoms with Gasteiger partial charge in [-0.3, -0.25) is 14.6 Å². The SMILES string of the molecule is COc1cc(OC)c(C2=C(C(C)=O)C(C)=NC(NC(C)=O)S2)cc1OC. The first-order valence-electron chi connectivity index (χ1n) is 7.86. The first kappa shape index (κ1) is 19.8. The van der Waals surface area contributed by atoms with Gasteiger partial charge in [-0.2, -0.15) is 0 Å². The summed E-state index contributed by atoms with van der Waals surface area (Å²) in [4.78, 5) is 28.8. The van der Waals surface area contributed by atoms with E-state index in [9.17, 15) is 9.59 Å². The number of ether oxygens (including phenoxy) is 3. The van der Waals surface area contributed by atoms with Crippen LogP contribution in [0, 0.1) is 0 Å². The summed E-state index contributed by atoms with van der Waals surface area (Å²) in [5, 5.41) is 2.75. The van der Waals surface area contributed by atoms with E-state index in [1.807, 2.05) is 0 Å². The quantitative estimate of drug-likeness (QED) is 0.819. The van der Waals surface area contributed by atoms with Gasteiger partial charge < -0.3 is 19.5 Å². The van der Waals surface area contributed by atoms with Crippen molar-refractivity contribution in [3.05, 3.63) is 23.3 Å². The predicted molar refractivity (Wildman–Crippen MR) is 102 cm³/mol. The van der Waals surface area contributed by atoms with Crippen LogP contribution in [-0.2, 0) is 9.59 Å². The molecule has 1 aliphatic heterocycles. The van der Waals surface area contributed by atoms with E-state index in [-0.39, 0.29) is 11.7 Å². The number of thioether (sulfide) groups is 1. The molecule has 1 aromatic rings. The molecule has 0 radical (unpaired) electrons. The largest absolute Gasteiger partial charge is 0.496 e. The molecule has 1 aliphatic rings. The number of hydrogen-bond donors (Lipinski definition) is 1. The molecule has 0 saturated heterocycles. The van der Waals surface area contributed by atoms with Crippen LogP contribution in [0.4, 0.5) is 0 Å². The van der Waals surface area contributed by atoms with Gasteiger partial charge in [-0.25, -0.2) is 0 Å². The normalized spacial score (nSPS) is 16.7. The van der Waals surface area contributed by atoms with Crippen LogP contribution >= 0.6 is 11.8 Å². The Kier molecular flexibility index (Phi) is 6.31. The monoisotopic (exact) mass is 378 g/mol. The van der Waals surface area contributed by atoms with E-state index in [2.05, 4.69) is 10.3 Å². The average Bonchev–Trinajstić information content (AvgIpc) is 2.58. The minimum atomic E-state index is -0.525. The van der Waals surface area contributed by atoms with Gasteiger partial charge in [0, 0.05) is 29.2 Å². The van der Waals surface area contributed by atoms with E-state index < -0.39 is 5.50 Å². The van der Waals surface area contributed by atoms with Gasteiger partial charge in [0.05, 0.1) is 26.9 Å². The van der Waals surface area contributed by atoms with Gasteiger partial charge in [-0.05, 0) is 19.9 Å². The molecular formula is C18H22N2O5S. The zero-order valence-corrected chi connectivity index (χ0v) is 16.4. The second kappa shape index (κ2) is 8.27. The van der Waals surface area contributed by atoms with E-state index in [1.54, 1.807) is 26.2 Å². The molecular weight excluding hydrogens is 356 g/mol. The number of hydrogen-bond acceptors (Lipinski definition) is 7. The summed E-state index contributed by atoms with van der Waals surface area (Å²) in [5.74, 6) is 1.23. The van der Waals surface area contributed by atoms with Gasteiger partial charge in [0.15, 0.2) is 22.8 Å². The van der Waals surface area contributed by atoms with Crippen molar-refractivity contribution in [3.8, 4) is 17.2 Å². The van der Waals surface area contributed by atoms with Crippen molar-refractivity contribution >= 4 is 34.1 Å². The summed E-state index contributed by atoms with van der Waals surface area (Å²) >= 11 is 1.28. The molecule has 1 amide bonds. The lowest BCUT2D eigenvalue weighted by Gasteiger charge is -2.25. The number of Topliss-reactive ketones (excluding diaryl/α,β-unsaturated/α-hetero) is 1. The summed E-state index contributed by atoms with van der Waals surface area (Å²) in [5.41, 5.74) is 1.19. The van der Waals surface area contributed by atoms with Gasteiger partial charge in [-0.15, -0.1) is 0 Å². The number of amides is 1. The number of allylic oxidation sites excluding steroid dienone is 1. The molecule has 8 heteroatoms. The van der Waals surface area contributed by atoms with Crippen molar-refractivity contribution in [3.63, 3.8) is 0 Å². The lowest BCUT2D eigenvalue weighted by molar-refractivity contribution is -0.119. The number of rotatable bonds is 6. The molecule has 140 valence electrons. The number of carbonyl (C=O) groups excluding carboxylic acids is 2. The predicted octanol–water partition coefficient (Wildman–Crippen LogP) is 2.64. The fraction of sp³-hybridized carbons (Fsp3) is 0.389. The minimum Gasteiger partial charge on any atom is -0.496 e. The van der Waals surface area contributed by atoms with E-state index in [4.69, 9.17) is 14.2 Å². The molecule has 1 unspecified atom stereocenters. The van der Waals surface area contributed by atoms with Crippen molar-refractivity contribution in [2.45, 2.75) is 26.3 Å². The maximum Gasteiger partial charge on any atom is 0.219 e. The molecule has 2 rings (SSSR count). The van der Waals surface area contributed by atoms with Crippen LogP contribution in [0.25, 0.3) is 4.91 Å². The van der Waals surface area contributed by atoms with Gasteiger partial charge in [-0.1, -0.05) is 11.8 Å². The standard InChI is InChI=1S/C18H22N2O5S/c1-9-16(10(2)21)17(26-18(19-9)20-11(3)22)12-7-14(24-5)15(25-6)8-13(12)23-4/h7-8,18H,1-6H3,(H,20,22). The summed E-state index contributed by atoms with van der Waals surface area (Å²) in [6.07, 6.45) is 0. The highest BCUT2D eigenvalue weighted by Crippen LogP contribution is 2.45. The highest BCUT2D eigenvalue weighted by Gasteiger charge is 2.29. The smallest absolute Gasteiger partial charge is 0.219 e. The lowest BCUT2D eigenvalue weighted by atomic mass is 10.0. The second-order valence-electron chi connectivity index (χ2n) is 5.55. The van der Waals surface area contributed by atoms with Crippen LogP contribution in [-0.4, -0.2) is 44.2 Å². The van der Waals surface area contributed by atoms with Gasteiger partial charge >= 0.3 is 0 Å². The van der Waals surface area contributed by atoms with Crippen molar-refractivity contribution < 1.29 is 23.8 Å². The molecule has 26 heavy (non-hydrogen) atoms. The van der Waals surface area contributed by atoms with Crippen LogP contribution in [0.2, 0.25) is 0 Å². The number of ketones is 1. The Bertz CT molecular complexity index is 801. The summed E-state index contributed by atoms with van der Waals surface area (Å²) in [6, 6.07) is 3.46. The number of aliphatic imine (C=N–C) groups is 1. The Hall–Kier alpha value is -2.48. The molecule has 1 atom stereocenters.